The van der Waals surface area contributed by atoms with Gasteiger partial charge in [-0.2, -0.15) is 5.10 Å². The van der Waals surface area contributed by atoms with Crippen LogP contribution in [0.1, 0.15) is 60.4 Å². The highest BCUT2D eigenvalue weighted by Gasteiger charge is 2.34. The second-order valence-corrected chi connectivity index (χ2v) is 7.54. The molecule has 0 saturated heterocycles. The highest BCUT2D eigenvalue weighted by molar-refractivity contribution is 5.95. The second kappa shape index (κ2) is 7.55. The van der Waals surface area contributed by atoms with Crippen LogP contribution >= 0.6 is 0 Å². The molecule has 6 nitrogen and oxygen atoms in total. The van der Waals surface area contributed by atoms with Gasteiger partial charge in [0.15, 0.2) is 0 Å². The Morgan fingerprint density at radius 2 is 1.85 bits per heavy atom. The van der Waals surface area contributed by atoms with E-state index in [9.17, 15) is 9.59 Å². The first-order valence-corrected chi connectivity index (χ1v) is 9.49. The zero-order chi connectivity index (χ0) is 19.7. The SMILES string of the molecule is Cc1nn(-c2ccc(C(=O)N(C(C)C)C3CC3)cc2)c(C)c1CCC(=O)O. The minimum absolute atomic E-state index is 0.0783. The van der Waals surface area contributed by atoms with Gasteiger partial charge in [-0.25, -0.2) is 4.68 Å². The molecule has 1 fully saturated rings. The summed E-state index contributed by atoms with van der Waals surface area (Å²) >= 11 is 0. The Balaban J connectivity index is 1.82. The third-order valence-corrected chi connectivity index (χ3v) is 5.12. The number of hydrogen-bond donors (Lipinski definition) is 1. The van der Waals surface area contributed by atoms with Gasteiger partial charge in [-0.05, 0) is 76.8 Å². The minimum atomic E-state index is -0.810. The molecule has 0 spiro atoms. The number of aliphatic carboxylic acids is 1. The summed E-state index contributed by atoms with van der Waals surface area (Å²) in [5.41, 5.74) is 4.31. The molecule has 1 aliphatic carbocycles. The summed E-state index contributed by atoms with van der Waals surface area (Å²) in [6, 6.07) is 8.08. The molecule has 6 heteroatoms. The summed E-state index contributed by atoms with van der Waals surface area (Å²) in [4.78, 5) is 25.7. The van der Waals surface area contributed by atoms with E-state index in [1.54, 1.807) is 0 Å². The van der Waals surface area contributed by atoms with Crippen molar-refractivity contribution in [3.8, 4) is 5.69 Å². The van der Waals surface area contributed by atoms with Gasteiger partial charge in [-0.15, -0.1) is 0 Å². The van der Waals surface area contributed by atoms with Crippen molar-refractivity contribution >= 4 is 11.9 Å². The number of aromatic nitrogens is 2. The fourth-order valence-electron chi connectivity index (χ4n) is 3.59. The number of nitrogens with zero attached hydrogens (tertiary/aromatic N) is 3. The van der Waals surface area contributed by atoms with E-state index >= 15 is 0 Å². The predicted molar refractivity (Wildman–Crippen MR) is 103 cm³/mol. The molecule has 1 aromatic heterocycles. The van der Waals surface area contributed by atoms with Gasteiger partial charge in [0, 0.05) is 29.8 Å². The number of rotatable bonds is 7. The Kier molecular flexibility index (Phi) is 5.35. The van der Waals surface area contributed by atoms with Crippen molar-refractivity contribution in [2.24, 2.45) is 0 Å². The zero-order valence-electron chi connectivity index (χ0n) is 16.4. The van der Waals surface area contributed by atoms with E-state index in [2.05, 4.69) is 18.9 Å². The molecule has 1 aliphatic rings. The van der Waals surface area contributed by atoms with Crippen molar-refractivity contribution in [2.45, 2.75) is 65.5 Å². The fourth-order valence-corrected chi connectivity index (χ4v) is 3.59. The molecule has 0 radical (unpaired) electrons. The molecule has 3 rings (SSSR count). The number of carbonyl (C=O) groups excluding carboxylic acids is 1. The van der Waals surface area contributed by atoms with Crippen LogP contribution in [0, 0.1) is 13.8 Å². The number of hydrogen-bond acceptors (Lipinski definition) is 3. The van der Waals surface area contributed by atoms with E-state index in [0.717, 1.165) is 35.5 Å². The van der Waals surface area contributed by atoms with Gasteiger partial charge in [0.2, 0.25) is 0 Å². The summed E-state index contributed by atoms with van der Waals surface area (Å²) in [5, 5.41) is 13.5. The maximum atomic E-state index is 12.8. The number of benzene rings is 1. The third kappa shape index (κ3) is 4.04. The molecular weight excluding hydrogens is 342 g/mol. The Hall–Kier alpha value is -2.63. The molecule has 0 unspecified atom stereocenters. The number of amides is 1. The average molecular weight is 369 g/mol. The van der Waals surface area contributed by atoms with E-state index in [1.165, 1.54) is 0 Å². The maximum Gasteiger partial charge on any atom is 0.303 e. The first-order valence-electron chi connectivity index (χ1n) is 9.49. The molecule has 2 aromatic rings. The minimum Gasteiger partial charge on any atom is -0.481 e. The molecule has 27 heavy (non-hydrogen) atoms. The fraction of sp³-hybridized carbons (Fsp3) is 0.476. The van der Waals surface area contributed by atoms with Crippen LogP contribution in [0.3, 0.4) is 0 Å². The quantitative estimate of drug-likeness (QED) is 0.810. The molecule has 1 aromatic carbocycles. The van der Waals surface area contributed by atoms with Crippen molar-refractivity contribution in [1.29, 1.82) is 0 Å². The van der Waals surface area contributed by atoms with Crippen molar-refractivity contribution in [3.05, 3.63) is 46.8 Å². The van der Waals surface area contributed by atoms with Crippen LogP contribution in [0.15, 0.2) is 24.3 Å². The lowest BCUT2D eigenvalue weighted by Gasteiger charge is -2.26. The van der Waals surface area contributed by atoms with Gasteiger partial charge in [0.1, 0.15) is 0 Å². The normalized spacial score (nSPS) is 13.8. The summed E-state index contributed by atoms with van der Waals surface area (Å²) in [5.74, 6) is -0.732. The van der Waals surface area contributed by atoms with E-state index in [-0.39, 0.29) is 18.4 Å². The maximum absolute atomic E-state index is 12.8. The summed E-state index contributed by atoms with van der Waals surface area (Å²) < 4.78 is 1.82. The summed E-state index contributed by atoms with van der Waals surface area (Å²) in [6.45, 7) is 7.96. The Bertz CT molecular complexity index is 846. The first kappa shape index (κ1) is 19.1. The lowest BCUT2D eigenvalue weighted by atomic mass is 10.1. The molecular formula is C21H27N3O3. The first-order chi connectivity index (χ1) is 12.8. The lowest BCUT2D eigenvalue weighted by molar-refractivity contribution is -0.136. The zero-order valence-corrected chi connectivity index (χ0v) is 16.4. The summed E-state index contributed by atoms with van der Waals surface area (Å²) in [6.07, 6.45) is 2.74. The Morgan fingerprint density at radius 3 is 2.37 bits per heavy atom. The van der Waals surface area contributed by atoms with Crippen LogP contribution < -0.4 is 0 Å². The van der Waals surface area contributed by atoms with Crippen molar-refractivity contribution in [1.82, 2.24) is 14.7 Å². The van der Waals surface area contributed by atoms with Gasteiger partial charge in [0.05, 0.1) is 11.4 Å². The van der Waals surface area contributed by atoms with Crippen molar-refractivity contribution < 1.29 is 14.7 Å². The van der Waals surface area contributed by atoms with Crippen molar-refractivity contribution in [3.63, 3.8) is 0 Å². The Morgan fingerprint density at radius 1 is 1.22 bits per heavy atom. The van der Waals surface area contributed by atoms with Crippen LogP contribution in [0.5, 0.6) is 0 Å². The van der Waals surface area contributed by atoms with Gasteiger partial charge < -0.3 is 10.0 Å². The molecule has 0 bridgehead atoms. The number of aryl methyl sites for hydroxylation is 1. The topological polar surface area (TPSA) is 75.4 Å². The molecule has 0 aliphatic heterocycles. The van der Waals surface area contributed by atoms with Gasteiger partial charge >= 0.3 is 5.97 Å². The lowest BCUT2D eigenvalue weighted by Crippen LogP contribution is -2.38. The predicted octanol–water partition coefficient (Wildman–Crippen LogP) is 3.52. The molecule has 1 amide bonds. The van der Waals surface area contributed by atoms with E-state index in [1.807, 2.05) is 47.7 Å². The van der Waals surface area contributed by atoms with Gasteiger partial charge in [-0.3, -0.25) is 9.59 Å². The molecule has 1 heterocycles. The number of carboxylic acids is 1. The smallest absolute Gasteiger partial charge is 0.303 e. The number of carboxylic acid groups (broad SMARTS) is 1. The summed E-state index contributed by atoms with van der Waals surface area (Å²) in [7, 11) is 0. The largest absolute Gasteiger partial charge is 0.481 e. The van der Waals surface area contributed by atoms with Crippen LogP contribution in [-0.2, 0) is 11.2 Å². The Labute approximate surface area is 159 Å². The molecule has 1 N–H and O–H groups in total. The van der Waals surface area contributed by atoms with E-state index in [4.69, 9.17) is 5.11 Å². The molecule has 144 valence electrons. The van der Waals surface area contributed by atoms with E-state index in [0.29, 0.717) is 18.0 Å². The van der Waals surface area contributed by atoms with Gasteiger partial charge in [0.25, 0.3) is 5.91 Å². The van der Waals surface area contributed by atoms with Crippen molar-refractivity contribution in [2.75, 3.05) is 0 Å². The van der Waals surface area contributed by atoms with E-state index < -0.39 is 5.97 Å². The van der Waals surface area contributed by atoms with Gasteiger partial charge in [-0.1, -0.05) is 0 Å². The highest BCUT2D eigenvalue weighted by atomic mass is 16.4. The molecule has 1 saturated carbocycles. The second-order valence-electron chi connectivity index (χ2n) is 7.54. The molecule has 0 atom stereocenters. The monoisotopic (exact) mass is 369 g/mol. The third-order valence-electron chi connectivity index (χ3n) is 5.12. The van der Waals surface area contributed by atoms with Crippen LogP contribution in [0.2, 0.25) is 0 Å². The van der Waals surface area contributed by atoms with Crippen LogP contribution in [0.4, 0.5) is 0 Å². The highest BCUT2D eigenvalue weighted by Crippen LogP contribution is 2.30. The standard InChI is InChI=1S/C21H27N3O3/c1-13(2)23(17-9-10-17)21(27)16-5-7-18(8-6-16)24-15(4)19(14(3)22-24)11-12-20(25)26/h5-8,13,17H,9-12H2,1-4H3,(H,25,26). The number of carbonyl (C=O) groups is 2. The van der Waals surface area contributed by atoms with Crippen LogP contribution in [0.25, 0.3) is 5.69 Å². The van der Waals surface area contributed by atoms with Crippen LogP contribution in [-0.4, -0.2) is 43.7 Å². The average Bonchev–Trinajstić information content (AvgIpc) is 3.39.